The standard InChI is InChI=1S/C28H31N3O7S2/c29-15-22(40(36,37)30-25-27(34)26(33)23(16-32)38-28(25)35)14-21-8-9-24(39-21)19-5-4-18-13-20(7-6-17(18)12-19)31-10-2-1-3-11-31/h4-9,12-14,23,25-28,30,32-35H,1-3,10-11,16H2/b22-14+/t23-,25-,26-,27-,28?/m1/s1. The Morgan fingerprint density at radius 2 is 1.77 bits per heavy atom. The summed E-state index contributed by atoms with van der Waals surface area (Å²) in [5, 5.41) is 51.5. The first-order valence-electron chi connectivity index (χ1n) is 13.0. The molecular weight excluding hydrogens is 554 g/mol. The number of sulfonamides is 1. The van der Waals surface area contributed by atoms with Gasteiger partial charge in [0.1, 0.15) is 30.4 Å². The molecule has 0 aliphatic carbocycles. The van der Waals surface area contributed by atoms with Crippen LogP contribution in [0.4, 0.5) is 5.69 Å². The maximum absolute atomic E-state index is 12.9. The van der Waals surface area contributed by atoms with Crippen LogP contribution in [0, 0.1) is 11.3 Å². The molecule has 0 spiro atoms. The molecule has 5 atom stereocenters. The number of hydrogen-bond donors (Lipinski definition) is 5. The van der Waals surface area contributed by atoms with E-state index in [1.807, 2.05) is 16.9 Å². The molecule has 5 rings (SSSR count). The number of nitriles is 1. The van der Waals surface area contributed by atoms with Crippen LogP contribution in [0.1, 0.15) is 24.1 Å². The lowest BCUT2D eigenvalue weighted by atomic mass is 9.98. The molecule has 0 amide bonds. The predicted molar refractivity (Wildman–Crippen MR) is 153 cm³/mol. The fourth-order valence-electron chi connectivity index (χ4n) is 5.09. The fraction of sp³-hybridized carbons (Fsp3) is 0.393. The second-order valence-corrected chi connectivity index (χ2v) is 12.8. The molecule has 40 heavy (non-hydrogen) atoms. The molecule has 0 radical (unpaired) electrons. The van der Waals surface area contributed by atoms with Gasteiger partial charge in [-0.1, -0.05) is 18.2 Å². The molecule has 212 valence electrons. The van der Waals surface area contributed by atoms with Crippen LogP contribution in [0.3, 0.4) is 0 Å². The van der Waals surface area contributed by atoms with Gasteiger partial charge in [0.25, 0.3) is 10.0 Å². The summed E-state index contributed by atoms with van der Waals surface area (Å²) in [4.78, 5) is 3.18. The van der Waals surface area contributed by atoms with Crippen molar-refractivity contribution in [1.29, 1.82) is 5.26 Å². The number of anilines is 1. The Morgan fingerprint density at radius 3 is 2.50 bits per heavy atom. The third-order valence-electron chi connectivity index (χ3n) is 7.32. The summed E-state index contributed by atoms with van der Waals surface area (Å²) in [6, 6.07) is 16.2. The highest BCUT2D eigenvalue weighted by Crippen LogP contribution is 2.33. The van der Waals surface area contributed by atoms with Crippen molar-refractivity contribution in [2.24, 2.45) is 0 Å². The van der Waals surface area contributed by atoms with E-state index >= 15 is 0 Å². The van der Waals surface area contributed by atoms with Crippen molar-refractivity contribution in [3.05, 3.63) is 58.3 Å². The molecule has 3 heterocycles. The zero-order valence-corrected chi connectivity index (χ0v) is 23.2. The summed E-state index contributed by atoms with van der Waals surface area (Å²) >= 11 is 1.31. The number of thiophene rings is 1. The van der Waals surface area contributed by atoms with Crippen LogP contribution in [0.25, 0.3) is 27.3 Å². The predicted octanol–water partition coefficient (Wildman–Crippen LogP) is 2.14. The van der Waals surface area contributed by atoms with E-state index in [0.717, 1.165) is 34.3 Å². The maximum atomic E-state index is 12.9. The zero-order valence-electron chi connectivity index (χ0n) is 21.6. The van der Waals surface area contributed by atoms with Crippen LogP contribution in [-0.4, -0.2) is 79.2 Å². The highest BCUT2D eigenvalue weighted by atomic mass is 32.2. The van der Waals surface area contributed by atoms with Gasteiger partial charge in [-0.3, -0.25) is 0 Å². The van der Waals surface area contributed by atoms with Crippen LogP contribution in [0.2, 0.25) is 0 Å². The van der Waals surface area contributed by atoms with Gasteiger partial charge in [0, 0.05) is 28.5 Å². The topological polar surface area (TPSA) is 163 Å². The first-order chi connectivity index (χ1) is 19.2. The first kappa shape index (κ1) is 28.7. The second kappa shape index (κ2) is 11.9. The summed E-state index contributed by atoms with van der Waals surface area (Å²) < 4.78 is 32.9. The third kappa shape index (κ3) is 5.93. The Balaban J connectivity index is 1.34. The number of nitrogens with zero attached hydrogens (tertiary/aromatic N) is 2. The molecule has 2 aliphatic heterocycles. The summed E-state index contributed by atoms with van der Waals surface area (Å²) in [5.74, 6) is 0. The van der Waals surface area contributed by atoms with Crippen molar-refractivity contribution in [2.75, 3.05) is 24.6 Å². The van der Waals surface area contributed by atoms with Gasteiger partial charge in [0.15, 0.2) is 11.2 Å². The molecule has 12 heteroatoms. The van der Waals surface area contributed by atoms with Crippen molar-refractivity contribution in [1.82, 2.24) is 4.72 Å². The Bertz CT molecular complexity index is 1540. The van der Waals surface area contributed by atoms with E-state index in [1.54, 1.807) is 12.1 Å². The number of ether oxygens (including phenoxy) is 1. The fourth-order valence-corrected chi connectivity index (χ4v) is 7.25. The molecular formula is C28H31N3O7S2. The van der Waals surface area contributed by atoms with Crippen LogP contribution < -0.4 is 9.62 Å². The van der Waals surface area contributed by atoms with Crippen molar-refractivity contribution in [3.8, 4) is 16.5 Å². The number of aliphatic hydroxyl groups excluding tert-OH is 4. The van der Waals surface area contributed by atoms with Crippen LogP contribution in [-0.2, 0) is 14.8 Å². The lowest BCUT2D eigenvalue weighted by Gasteiger charge is -2.40. The number of benzene rings is 2. The minimum absolute atomic E-state index is 0.513. The number of nitrogens with one attached hydrogen (secondary N) is 1. The molecule has 5 N–H and O–H groups in total. The quantitative estimate of drug-likeness (QED) is 0.261. The van der Waals surface area contributed by atoms with Gasteiger partial charge >= 0.3 is 0 Å². The molecule has 2 saturated heterocycles. The monoisotopic (exact) mass is 585 g/mol. The molecule has 2 aliphatic rings. The Hall–Kier alpha value is -2.86. The largest absolute Gasteiger partial charge is 0.394 e. The molecule has 2 aromatic carbocycles. The molecule has 2 fully saturated rings. The summed E-state index contributed by atoms with van der Waals surface area (Å²) in [5.41, 5.74) is 2.19. The Labute approximate surface area is 236 Å². The summed E-state index contributed by atoms with van der Waals surface area (Å²) in [7, 11) is -4.50. The Kier molecular flexibility index (Phi) is 8.55. The molecule has 0 bridgehead atoms. The third-order valence-corrected chi connectivity index (χ3v) is 9.77. The lowest BCUT2D eigenvalue weighted by molar-refractivity contribution is -0.251. The van der Waals surface area contributed by atoms with E-state index in [0.29, 0.717) is 4.88 Å². The van der Waals surface area contributed by atoms with Gasteiger partial charge < -0.3 is 30.1 Å². The number of aliphatic hydroxyl groups is 4. The lowest BCUT2D eigenvalue weighted by Crippen LogP contribution is -2.64. The average Bonchev–Trinajstić information content (AvgIpc) is 3.44. The smallest absolute Gasteiger partial charge is 0.251 e. The normalized spacial score (nSPS) is 26.1. The number of piperidine rings is 1. The molecule has 3 aromatic rings. The molecule has 1 unspecified atom stereocenters. The van der Waals surface area contributed by atoms with Crippen molar-refractivity contribution < 1.29 is 33.6 Å². The van der Waals surface area contributed by atoms with Crippen LogP contribution in [0.5, 0.6) is 0 Å². The van der Waals surface area contributed by atoms with E-state index in [-0.39, 0.29) is 0 Å². The zero-order chi connectivity index (χ0) is 28.4. The average molecular weight is 586 g/mol. The van der Waals surface area contributed by atoms with Crippen LogP contribution >= 0.6 is 11.3 Å². The molecule has 1 aromatic heterocycles. The van der Waals surface area contributed by atoms with E-state index in [1.165, 1.54) is 42.4 Å². The van der Waals surface area contributed by atoms with E-state index < -0.39 is 52.2 Å². The minimum Gasteiger partial charge on any atom is -0.394 e. The van der Waals surface area contributed by atoms with Gasteiger partial charge in [-0.05, 0) is 72.0 Å². The molecule has 10 nitrogen and oxygen atoms in total. The number of rotatable bonds is 7. The summed E-state index contributed by atoms with van der Waals surface area (Å²) in [6.45, 7) is 1.47. The van der Waals surface area contributed by atoms with Gasteiger partial charge in [-0.15, -0.1) is 11.3 Å². The minimum atomic E-state index is -4.50. The van der Waals surface area contributed by atoms with Crippen molar-refractivity contribution in [2.45, 2.75) is 49.9 Å². The highest BCUT2D eigenvalue weighted by molar-refractivity contribution is 7.93. The van der Waals surface area contributed by atoms with Gasteiger partial charge in [0.05, 0.1) is 6.61 Å². The number of allylic oxidation sites excluding steroid dienone is 1. The summed E-state index contributed by atoms with van der Waals surface area (Å²) in [6.07, 6.45) is -1.63. The van der Waals surface area contributed by atoms with Crippen molar-refractivity contribution >= 4 is 43.9 Å². The van der Waals surface area contributed by atoms with E-state index in [9.17, 15) is 34.1 Å². The highest BCUT2D eigenvalue weighted by Gasteiger charge is 2.45. The number of fused-ring (bicyclic) bond motifs is 1. The SMILES string of the molecule is N#C/C(=C\c1ccc(-c2ccc3cc(N4CCCCC4)ccc3c2)s1)S(=O)(=O)N[C@H]1C(O)O[C@H](CO)[C@@H](O)[C@@H]1O. The molecule has 0 saturated carbocycles. The first-order valence-corrected chi connectivity index (χ1v) is 15.3. The van der Waals surface area contributed by atoms with E-state index in [4.69, 9.17) is 4.74 Å². The van der Waals surface area contributed by atoms with Gasteiger partial charge in [-0.25, -0.2) is 8.42 Å². The van der Waals surface area contributed by atoms with Gasteiger partial charge in [-0.2, -0.15) is 9.98 Å². The second-order valence-electron chi connectivity index (χ2n) is 9.99. The van der Waals surface area contributed by atoms with E-state index in [2.05, 4.69) is 35.2 Å². The maximum Gasteiger partial charge on any atom is 0.251 e. The number of hydrogen-bond acceptors (Lipinski definition) is 10. The van der Waals surface area contributed by atoms with Gasteiger partial charge in [0.2, 0.25) is 0 Å². The Morgan fingerprint density at radius 1 is 1.05 bits per heavy atom. The van der Waals surface area contributed by atoms with Crippen LogP contribution in [0.15, 0.2) is 53.4 Å². The van der Waals surface area contributed by atoms with Crippen molar-refractivity contribution in [3.63, 3.8) is 0 Å².